The van der Waals surface area contributed by atoms with Crippen LogP contribution >= 0.6 is 0 Å². The summed E-state index contributed by atoms with van der Waals surface area (Å²) in [5, 5.41) is 5.49. The van der Waals surface area contributed by atoms with E-state index in [9.17, 15) is 14.4 Å². The van der Waals surface area contributed by atoms with Gasteiger partial charge in [-0.1, -0.05) is 26.0 Å². The van der Waals surface area contributed by atoms with Gasteiger partial charge >= 0.3 is 6.03 Å². The fraction of sp³-hybridized carbons (Fsp3) is 0.550. The van der Waals surface area contributed by atoms with Crippen molar-refractivity contribution >= 4 is 17.8 Å². The van der Waals surface area contributed by atoms with Gasteiger partial charge in [-0.3, -0.25) is 14.5 Å². The Morgan fingerprint density at radius 3 is 2.52 bits per heavy atom. The number of ether oxygens (including phenoxy) is 1. The van der Waals surface area contributed by atoms with E-state index < -0.39 is 11.6 Å². The number of carbonyl (C=O) groups is 3. The first-order chi connectivity index (χ1) is 12.7. The van der Waals surface area contributed by atoms with Crippen molar-refractivity contribution in [3.63, 3.8) is 0 Å². The number of hydrogen-bond acceptors (Lipinski definition) is 4. The van der Waals surface area contributed by atoms with Crippen LogP contribution in [-0.4, -0.2) is 48.5 Å². The van der Waals surface area contributed by atoms with Crippen LogP contribution in [-0.2, 0) is 16.0 Å². The molecule has 1 aromatic rings. The molecule has 1 atom stereocenters. The molecule has 7 nitrogen and oxygen atoms in total. The quantitative estimate of drug-likeness (QED) is 0.647. The molecule has 0 radical (unpaired) electrons. The van der Waals surface area contributed by atoms with Crippen molar-refractivity contribution < 1.29 is 19.1 Å². The zero-order valence-corrected chi connectivity index (χ0v) is 16.5. The van der Waals surface area contributed by atoms with Crippen molar-refractivity contribution in [1.82, 2.24) is 15.5 Å². The molecular formula is C20H29N3O4. The van der Waals surface area contributed by atoms with E-state index in [0.717, 1.165) is 22.6 Å². The zero-order chi connectivity index (χ0) is 20.0. The minimum Gasteiger partial charge on any atom is -0.497 e. The molecule has 4 amide bonds. The third-order valence-corrected chi connectivity index (χ3v) is 4.76. The third kappa shape index (κ3) is 5.45. The van der Waals surface area contributed by atoms with Gasteiger partial charge in [-0.25, -0.2) is 4.79 Å². The fourth-order valence-corrected chi connectivity index (χ4v) is 2.98. The van der Waals surface area contributed by atoms with Crippen molar-refractivity contribution in [2.24, 2.45) is 5.92 Å². The van der Waals surface area contributed by atoms with Crippen LogP contribution in [0.3, 0.4) is 0 Å². The van der Waals surface area contributed by atoms with Crippen LogP contribution < -0.4 is 15.4 Å². The van der Waals surface area contributed by atoms with Crippen LogP contribution in [0.1, 0.15) is 39.2 Å². The molecule has 1 aromatic carbocycles. The van der Waals surface area contributed by atoms with E-state index in [2.05, 4.69) is 24.5 Å². The summed E-state index contributed by atoms with van der Waals surface area (Å²) in [5.74, 6) is 0.530. The van der Waals surface area contributed by atoms with E-state index in [1.54, 1.807) is 14.0 Å². The minimum absolute atomic E-state index is 0.259. The Labute approximate surface area is 160 Å². The van der Waals surface area contributed by atoms with Gasteiger partial charge in [-0.15, -0.1) is 0 Å². The smallest absolute Gasteiger partial charge is 0.325 e. The normalized spacial score (nSPS) is 19.4. The van der Waals surface area contributed by atoms with E-state index in [1.165, 1.54) is 0 Å². The molecule has 1 aliphatic heterocycles. The summed E-state index contributed by atoms with van der Waals surface area (Å²) < 4.78 is 5.11. The van der Waals surface area contributed by atoms with E-state index in [-0.39, 0.29) is 18.4 Å². The second-order valence-corrected chi connectivity index (χ2v) is 7.53. The van der Waals surface area contributed by atoms with Gasteiger partial charge in [0.1, 0.15) is 17.8 Å². The van der Waals surface area contributed by atoms with E-state index in [1.807, 2.05) is 24.3 Å². The first-order valence-electron chi connectivity index (χ1n) is 9.29. The second kappa shape index (κ2) is 8.88. The summed E-state index contributed by atoms with van der Waals surface area (Å²) in [5.41, 5.74) is 0.136. The lowest BCUT2D eigenvalue weighted by atomic mass is 9.92. The summed E-state index contributed by atoms with van der Waals surface area (Å²) in [4.78, 5) is 37.9. The van der Waals surface area contributed by atoms with Gasteiger partial charge < -0.3 is 15.4 Å². The number of nitrogens with zero attached hydrogens (tertiary/aromatic N) is 1. The number of carbonyl (C=O) groups excluding carboxylic acids is 3. The molecule has 1 fully saturated rings. The molecule has 1 aliphatic rings. The molecule has 0 bridgehead atoms. The maximum absolute atomic E-state index is 12.6. The lowest BCUT2D eigenvalue weighted by Crippen LogP contribution is -2.45. The van der Waals surface area contributed by atoms with Crippen LogP contribution in [0, 0.1) is 5.92 Å². The van der Waals surface area contributed by atoms with E-state index in [0.29, 0.717) is 25.3 Å². The van der Waals surface area contributed by atoms with E-state index in [4.69, 9.17) is 4.74 Å². The molecule has 0 spiro atoms. The molecule has 148 valence electrons. The molecule has 7 heteroatoms. The van der Waals surface area contributed by atoms with Crippen molar-refractivity contribution in [3.8, 4) is 5.75 Å². The fourth-order valence-electron chi connectivity index (χ4n) is 2.98. The first-order valence-corrected chi connectivity index (χ1v) is 9.29. The summed E-state index contributed by atoms with van der Waals surface area (Å²) in [6.07, 6.45) is 2.04. The Bertz CT molecular complexity index is 687. The minimum atomic E-state index is -0.926. The molecular weight excluding hydrogens is 346 g/mol. The number of rotatable bonds is 9. The Morgan fingerprint density at radius 2 is 1.93 bits per heavy atom. The summed E-state index contributed by atoms with van der Waals surface area (Å²) in [7, 11) is 1.61. The number of hydrogen-bond donors (Lipinski definition) is 2. The van der Waals surface area contributed by atoms with Gasteiger partial charge in [0.05, 0.1) is 7.11 Å². The van der Waals surface area contributed by atoms with Crippen molar-refractivity contribution in [2.75, 3.05) is 20.2 Å². The lowest BCUT2D eigenvalue weighted by molar-refractivity contribution is -0.134. The Hall–Kier alpha value is -2.57. The molecule has 0 aromatic heterocycles. The van der Waals surface area contributed by atoms with Crippen molar-refractivity contribution in [1.29, 1.82) is 0 Å². The number of imide groups is 1. The highest BCUT2D eigenvalue weighted by Gasteiger charge is 2.47. The topological polar surface area (TPSA) is 87.7 Å². The molecule has 1 saturated heterocycles. The standard InChI is InChI=1S/C20H29N3O4/c1-14(2)9-11-20(3)18(25)23(19(26)22-20)13-17(24)21-12-10-15-5-7-16(27-4)8-6-15/h5-8,14H,9-13H2,1-4H3,(H,21,24)(H,22,26). The van der Waals surface area contributed by atoms with Crippen molar-refractivity contribution in [3.05, 3.63) is 29.8 Å². The summed E-state index contributed by atoms with van der Waals surface area (Å²) >= 11 is 0. The van der Waals surface area contributed by atoms with Crippen LogP contribution in [0.5, 0.6) is 5.75 Å². The maximum Gasteiger partial charge on any atom is 0.325 e. The first kappa shape index (κ1) is 20.7. The molecule has 0 saturated carbocycles. The van der Waals surface area contributed by atoms with Gasteiger partial charge in [-0.2, -0.15) is 0 Å². The number of amides is 4. The lowest BCUT2D eigenvalue weighted by Gasteiger charge is -2.22. The second-order valence-electron chi connectivity index (χ2n) is 7.53. The Morgan fingerprint density at radius 1 is 1.26 bits per heavy atom. The maximum atomic E-state index is 12.6. The van der Waals surface area contributed by atoms with Gasteiger partial charge in [-0.05, 0) is 49.8 Å². The molecule has 1 unspecified atom stereocenters. The van der Waals surface area contributed by atoms with Gasteiger partial charge in [0, 0.05) is 6.54 Å². The molecule has 1 heterocycles. The molecule has 27 heavy (non-hydrogen) atoms. The molecule has 2 rings (SSSR count). The number of benzene rings is 1. The largest absolute Gasteiger partial charge is 0.497 e. The summed E-state index contributed by atoms with van der Waals surface area (Å²) in [6.45, 7) is 6.03. The predicted octanol–water partition coefficient (Wildman–Crippen LogP) is 2.10. The van der Waals surface area contributed by atoms with E-state index >= 15 is 0 Å². The van der Waals surface area contributed by atoms with Crippen LogP contribution in [0.2, 0.25) is 0 Å². The van der Waals surface area contributed by atoms with Gasteiger partial charge in [0.15, 0.2) is 0 Å². The Balaban J connectivity index is 1.82. The van der Waals surface area contributed by atoms with Gasteiger partial charge in [0.25, 0.3) is 5.91 Å². The van der Waals surface area contributed by atoms with Crippen molar-refractivity contribution in [2.45, 2.75) is 45.6 Å². The third-order valence-electron chi connectivity index (χ3n) is 4.76. The van der Waals surface area contributed by atoms with Gasteiger partial charge in [0.2, 0.25) is 5.91 Å². The SMILES string of the molecule is COc1ccc(CCNC(=O)CN2C(=O)NC(C)(CCC(C)C)C2=O)cc1. The van der Waals surface area contributed by atoms with Crippen LogP contribution in [0.15, 0.2) is 24.3 Å². The average molecular weight is 375 g/mol. The number of urea groups is 1. The monoisotopic (exact) mass is 375 g/mol. The highest BCUT2D eigenvalue weighted by molar-refractivity contribution is 6.08. The van der Waals surface area contributed by atoms with Crippen LogP contribution in [0.4, 0.5) is 4.79 Å². The summed E-state index contributed by atoms with van der Waals surface area (Å²) in [6, 6.07) is 7.09. The number of nitrogens with one attached hydrogen (secondary N) is 2. The van der Waals surface area contributed by atoms with Crippen LogP contribution in [0.25, 0.3) is 0 Å². The average Bonchev–Trinajstić information content (AvgIpc) is 2.84. The molecule has 2 N–H and O–H groups in total. The zero-order valence-electron chi connectivity index (χ0n) is 16.5. The predicted molar refractivity (Wildman–Crippen MR) is 102 cm³/mol. The highest BCUT2D eigenvalue weighted by atomic mass is 16.5. The Kier molecular flexibility index (Phi) is 6.82. The molecule has 0 aliphatic carbocycles. The highest BCUT2D eigenvalue weighted by Crippen LogP contribution is 2.24. The number of methoxy groups -OCH3 is 1.